The Hall–Kier alpha value is -2.37. The predicted octanol–water partition coefficient (Wildman–Crippen LogP) is 2.42. The van der Waals surface area contributed by atoms with Crippen LogP contribution in [0.4, 0.5) is 10.2 Å². The molecular formula is C13H14FN5. The van der Waals surface area contributed by atoms with Gasteiger partial charge in [0.05, 0.1) is 16.8 Å². The van der Waals surface area contributed by atoms with E-state index in [2.05, 4.69) is 22.2 Å². The van der Waals surface area contributed by atoms with Gasteiger partial charge < -0.3 is 5.73 Å². The molecule has 2 heterocycles. The van der Waals surface area contributed by atoms with Crippen molar-refractivity contribution in [2.24, 2.45) is 0 Å². The summed E-state index contributed by atoms with van der Waals surface area (Å²) in [6, 6.07) is 6.14. The molecule has 0 aliphatic heterocycles. The SMILES string of the molecule is CCCc1nn(-c2ccc(F)cc2)c2n[nH]c(N)c12. The zero-order valence-electron chi connectivity index (χ0n) is 10.5. The van der Waals surface area contributed by atoms with Crippen LogP contribution in [0.3, 0.4) is 0 Å². The molecular weight excluding hydrogens is 245 g/mol. The molecule has 0 atom stereocenters. The van der Waals surface area contributed by atoms with E-state index in [-0.39, 0.29) is 5.82 Å². The van der Waals surface area contributed by atoms with Gasteiger partial charge in [-0.25, -0.2) is 9.07 Å². The Morgan fingerprint density at radius 1 is 1.32 bits per heavy atom. The lowest BCUT2D eigenvalue weighted by molar-refractivity contribution is 0.627. The summed E-state index contributed by atoms with van der Waals surface area (Å²) in [4.78, 5) is 0. The van der Waals surface area contributed by atoms with Gasteiger partial charge in [-0.1, -0.05) is 13.3 Å². The van der Waals surface area contributed by atoms with Crippen molar-refractivity contribution < 1.29 is 4.39 Å². The summed E-state index contributed by atoms with van der Waals surface area (Å²) in [5.41, 5.74) is 8.24. The number of nitrogen functional groups attached to an aromatic ring is 1. The highest BCUT2D eigenvalue weighted by molar-refractivity contribution is 5.89. The number of H-pyrrole nitrogens is 1. The second kappa shape index (κ2) is 4.38. The van der Waals surface area contributed by atoms with Crippen molar-refractivity contribution in [1.82, 2.24) is 20.0 Å². The van der Waals surface area contributed by atoms with Gasteiger partial charge in [0.15, 0.2) is 5.65 Å². The second-order valence-corrected chi connectivity index (χ2v) is 4.42. The highest BCUT2D eigenvalue weighted by atomic mass is 19.1. The molecule has 0 saturated carbocycles. The van der Waals surface area contributed by atoms with E-state index in [1.807, 2.05) is 0 Å². The van der Waals surface area contributed by atoms with Crippen LogP contribution in [0.2, 0.25) is 0 Å². The molecule has 2 aromatic heterocycles. The van der Waals surface area contributed by atoms with Crippen LogP contribution in [-0.2, 0) is 6.42 Å². The first-order valence-corrected chi connectivity index (χ1v) is 6.18. The number of rotatable bonds is 3. The molecule has 0 amide bonds. The van der Waals surface area contributed by atoms with Crippen LogP contribution in [0.15, 0.2) is 24.3 Å². The monoisotopic (exact) mass is 259 g/mol. The number of halogens is 1. The number of nitrogens with two attached hydrogens (primary N) is 1. The quantitative estimate of drug-likeness (QED) is 0.758. The van der Waals surface area contributed by atoms with Crippen molar-refractivity contribution in [3.8, 4) is 5.69 Å². The van der Waals surface area contributed by atoms with Crippen molar-refractivity contribution in [2.45, 2.75) is 19.8 Å². The largest absolute Gasteiger partial charge is 0.383 e. The van der Waals surface area contributed by atoms with Gasteiger partial charge in [0.2, 0.25) is 0 Å². The lowest BCUT2D eigenvalue weighted by Gasteiger charge is -2.01. The summed E-state index contributed by atoms with van der Waals surface area (Å²) in [6.07, 6.45) is 1.80. The fourth-order valence-corrected chi connectivity index (χ4v) is 2.18. The molecule has 0 spiro atoms. The standard InChI is InChI=1S/C13H14FN5/c1-2-3-10-11-12(15)16-17-13(11)19(18-10)9-6-4-8(14)5-7-9/h4-7H,2-3H2,1H3,(H3,15,16,17). The number of nitrogens with one attached hydrogen (secondary N) is 1. The number of aromatic nitrogens is 4. The molecule has 0 bridgehead atoms. The Balaban J connectivity index is 2.21. The topological polar surface area (TPSA) is 72.5 Å². The normalized spacial score (nSPS) is 11.3. The van der Waals surface area contributed by atoms with Gasteiger partial charge in [0.25, 0.3) is 0 Å². The summed E-state index contributed by atoms with van der Waals surface area (Å²) in [5, 5.41) is 12.3. The first-order valence-electron chi connectivity index (χ1n) is 6.18. The second-order valence-electron chi connectivity index (χ2n) is 4.42. The smallest absolute Gasteiger partial charge is 0.186 e. The maximum Gasteiger partial charge on any atom is 0.186 e. The van der Waals surface area contributed by atoms with E-state index in [4.69, 9.17) is 5.73 Å². The van der Waals surface area contributed by atoms with Crippen molar-refractivity contribution in [3.63, 3.8) is 0 Å². The molecule has 3 rings (SSSR count). The maximum absolute atomic E-state index is 13.0. The van der Waals surface area contributed by atoms with E-state index in [9.17, 15) is 4.39 Å². The van der Waals surface area contributed by atoms with E-state index in [0.717, 1.165) is 29.6 Å². The van der Waals surface area contributed by atoms with E-state index in [0.29, 0.717) is 11.5 Å². The van der Waals surface area contributed by atoms with Crippen molar-refractivity contribution >= 4 is 16.9 Å². The van der Waals surface area contributed by atoms with Gasteiger partial charge in [0.1, 0.15) is 11.6 Å². The number of anilines is 1. The zero-order chi connectivity index (χ0) is 13.4. The number of aryl methyl sites for hydroxylation is 1. The van der Waals surface area contributed by atoms with Crippen molar-refractivity contribution in [3.05, 3.63) is 35.8 Å². The van der Waals surface area contributed by atoms with Gasteiger partial charge in [0, 0.05) is 0 Å². The van der Waals surface area contributed by atoms with E-state index in [1.165, 1.54) is 12.1 Å². The molecule has 98 valence electrons. The number of hydrogen-bond acceptors (Lipinski definition) is 3. The third kappa shape index (κ3) is 1.85. The first kappa shape index (κ1) is 11.7. The van der Waals surface area contributed by atoms with E-state index >= 15 is 0 Å². The molecule has 0 unspecified atom stereocenters. The van der Waals surface area contributed by atoms with Gasteiger partial charge in [-0.05, 0) is 30.7 Å². The summed E-state index contributed by atoms with van der Waals surface area (Å²) in [5.74, 6) is 0.245. The fourth-order valence-electron chi connectivity index (χ4n) is 2.18. The zero-order valence-corrected chi connectivity index (χ0v) is 10.5. The summed E-state index contributed by atoms with van der Waals surface area (Å²) in [6.45, 7) is 2.08. The number of aromatic amines is 1. The Morgan fingerprint density at radius 2 is 2.05 bits per heavy atom. The lowest BCUT2D eigenvalue weighted by Crippen LogP contribution is -1.99. The molecule has 0 saturated heterocycles. The Bertz CT molecular complexity index is 711. The summed E-state index contributed by atoms with van der Waals surface area (Å²) < 4.78 is 14.7. The molecule has 0 aliphatic rings. The fraction of sp³-hybridized carbons (Fsp3) is 0.231. The lowest BCUT2D eigenvalue weighted by atomic mass is 10.2. The molecule has 0 aliphatic carbocycles. The molecule has 0 radical (unpaired) electrons. The molecule has 19 heavy (non-hydrogen) atoms. The number of benzene rings is 1. The van der Waals surface area contributed by atoms with Crippen molar-refractivity contribution in [1.29, 1.82) is 0 Å². The molecule has 3 N–H and O–H groups in total. The minimum absolute atomic E-state index is 0.275. The third-order valence-corrected chi connectivity index (χ3v) is 3.04. The van der Waals surface area contributed by atoms with Crippen LogP contribution in [0, 0.1) is 5.82 Å². The van der Waals surface area contributed by atoms with Gasteiger partial charge >= 0.3 is 0 Å². The minimum atomic E-state index is -0.275. The summed E-state index contributed by atoms with van der Waals surface area (Å²) >= 11 is 0. The number of fused-ring (bicyclic) bond motifs is 1. The van der Waals surface area contributed by atoms with Crippen LogP contribution >= 0.6 is 0 Å². The van der Waals surface area contributed by atoms with Crippen molar-refractivity contribution in [2.75, 3.05) is 5.73 Å². The van der Waals surface area contributed by atoms with Gasteiger partial charge in [-0.15, -0.1) is 0 Å². The molecule has 3 aromatic rings. The molecule has 5 nitrogen and oxygen atoms in total. The van der Waals surface area contributed by atoms with Crippen LogP contribution in [0.1, 0.15) is 19.0 Å². The highest BCUT2D eigenvalue weighted by Gasteiger charge is 2.16. The van der Waals surface area contributed by atoms with Gasteiger partial charge in [-0.3, -0.25) is 5.10 Å². The highest BCUT2D eigenvalue weighted by Crippen LogP contribution is 2.25. The maximum atomic E-state index is 13.0. The third-order valence-electron chi connectivity index (χ3n) is 3.04. The van der Waals surface area contributed by atoms with Crippen LogP contribution in [-0.4, -0.2) is 20.0 Å². The van der Waals surface area contributed by atoms with E-state index in [1.54, 1.807) is 16.8 Å². The summed E-state index contributed by atoms with van der Waals surface area (Å²) in [7, 11) is 0. The van der Waals surface area contributed by atoms with E-state index < -0.39 is 0 Å². The first-order chi connectivity index (χ1) is 9.20. The minimum Gasteiger partial charge on any atom is -0.383 e. The van der Waals surface area contributed by atoms with Gasteiger partial charge in [-0.2, -0.15) is 10.2 Å². The predicted molar refractivity (Wildman–Crippen MR) is 71.6 cm³/mol. The Kier molecular flexibility index (Phi) is 2.70. The molecule has 1 aromatic carbocycles. The van der Waals surface area contributed by atoms with Crippen LogP contribution < -0.4 is 5.73 Å². The van der Waals surface area contributed by atoms with Crippen LogP contribution in [0.25, 0.3) is 16.7 Å². The number of hydrogen-bond donors (Lipinski definition) is 2. The van der Waals surface area contributed by atoms with Crippen LogP contribution in [0.5, 0.6) is 0 Å². The Morgan fingerprint density at radius 3 is 2.74 bits per heavy atom. The average molecular weight is 259 g/mol. The number of nitrogens with zero attached hydrogens (tertiary/aromatic N) is 3. The Labute approximate surface area is 109 Å². The molecule has 0 fully saturated rings. The molecule has 6 heteroatoms. The average Bonchev–Trinajstić information content (AvgIpc) is 2.94.